The lowest BCUT2D eigenvalue weighted by Gasteiger charge is -2.13. The van der Waals surface area contributed by atoms with Crippen molar-refractivity contribution >= 4 is 38.5 Å². The average molecular weight is 412 g/mol. The van der Waals surface area contributed by atoms with Gasteiger partial charge in [-0.2, -0.15) is 0 Å². The van der Waals surface area contributed by atoms with E-state index in [-0.39, 0.29) is 5.56 Å². The van der Waals surface area contributed by atoms with Gasteiger partial charge in [-0.05, 0) is 28.7 Å². The van der Waals surface area contributed by atoms with E-state index in [1.54, 1.807) is 6.07 Å². The second-order valence-corrected chi connectivity index (χ2v) is 4.44. The SMILES string of the molecule is OCc1c(I)cc(CBr)nc1OC(F)(F)F. The zero-order valence-corrected chi connectivity index (χ0v) is 11.4. The minimum absolute atomic E-state index is 0.0302. The van der Waals surface area contributed by atoms with Crippen LogP contribution in [0.5, 0.6) is 5.88 Å². The Kier molecular flexibility index (Phi) is 4.80. The summed E-state index contributed by atoms with van der Waals surface area (Å²) < 4.78 is 40.4. The van der Waals surface area contributed by atoms with Crippen molar-refractivity contribution in [2.45, 2.75) is 18.3 Å². The molecular formula is C8H6BrF3INO2. The van der Waals surface area contributed by atoms with Gasteiger partial charge in [-0.3, -0.25) is 0 Å². The number of aromatic nitrogens is 1. The van der Waals surface area contributed by atoms with Crippen LogP contribution in [0.3, 0.4) is 0 Å². The predicted molar refractivity (Wildman–Crippen MR) is 62.2 cm³/mol. The van der Waals surface area contributed by atoms with Crippen molar-refractivity contribution in [2.75, 3.05) is 0 Å². The third kappa shape index (κ3) is 3.74. The highest BCUT2D eigenvalue weighted by atomic mass is 127. The molecule has 0 aliphatic carbocycles. The molecule has 1 rings (SSSR count). The Bertz CT molecular complexity index is 386. The van der Waals surface area contributed by atoms with E-state index >= 15 is 0 Å². The highest BCUT2D eigenvalue weighted by molar-refractivity contribution is 14.1. The van der Waals surface area contributed by atoms with Gasteiger partial charge in [-0.25, -0.2) is 4.98 Å². The number of hydrogen-bond acceptors (Lipinski definition) is 3. The summed E-state index contributed by atoms with van der Waals surface area (Å²) in [5.74, 6) is -0.601. The van der Waals surface area contributed by atoms with Gasteiger partial charge < -0.3 is 9.84 Å². The van der Waals surface area contributed by atoms with Crippen molar-refractivity contribution < 1.29 is 23.0 Å². The molecule has 0 aromatic carbocycles. The molecule has 0 amide bonds. The molecule has 0 spiro atoms. The van der Waals surface area contributed by atoms with E-state index in [1.165, 1.54) is 0 Å². The number of pyridine rings is 1. The van der Waals surface area contributed by atoms with E-state index in [2.05, 4.69) is 25.7 Å². The molecule has 0 aliphatic heterocycles. The summed E-state index contributed by atoms with van der Waals surface area (Å²) >= 11 is 4.91. The molecule has 8 heteroatoms. The molecule has 16 heavy (non-hydrogen) atoms. The fourth-order valence-electron chi connectivity index (χ4n) is 0.971. The summed E-state index contributed by atoms with van der Waals surface area (Å²) in [5.41, 5.74) is 0.434. The molecule has 0 bridgehead atoms. The number of alkyl halides is 4. The molecule has 0 radical (unpaired) electrons. The smallest absolute Gasteiger partial charge is 0.391 e. The lowest BCUT2D eigenvalue weighted by molar-refractivity contribution is -0.276. The van der Waals surface area contributed by atoms with Crippen molar-refractivity contribution in [2.24, 2.45) is 0 Å². The van der Waals surface area contributed by atoms with Crippen LogP contribution in [0.25, 0.3) is 0 Å². The fourth-order valence-corrected chi connectivity index (χ4v) is 2.02. The normalized spacial score (nSPS) is 11.6. The quantitative estimate of drug-likeness (QED) is 0.614. The second-order valence-electron chi connectivity index (χ2n) is 2.72. The summed E-state index contributed by atoms with van der Waals surface area (Å²) in [6.45, 7) is -0.556. The monoisotopic (exact) mass is 411 g/mol. The highest BCUT2D eigenvalue weighted by Gasteiger charge is 2.33. The van der Waals surface area contributed by atoms with Gasteiger partial charge in [-0.1, -0.05) is 15.9 Å². The Balaban J connectivity index is 3.18. The van der Waals surface area contributed by atoms with Crippen LogP contribution in [-0.2, 0) is 11.9 Å². The fraction of sp³-hybridized carbons (Fsp3) is 0.375. The highest BCUT2D eigenvalue weighted by Crippen LogP contribution is 2.28. The number of ether oxygens (including phenoxy) is 1. The molecule has 90 valence electrons. The number of aliphatic hydroxyl groups is 1. The molecule has 1 aromatic heterocycles. The number of nitrogens with zero attached hydrogens (tertiary/aromatic N) is 1. The van der Waals surface area contributed by atoms with Gasteiger partial charge in [0.25, 0.3) is 0 Å². The Labute approximate surface area is 111 Å². The zero-order valence-electron chi connectivity index (χ0n) is 7.68. The molecule has 1 N–H and O–H groups in total. The molecule has 3 nitrogen and oxygen atoms in total. The van der Waals surface area contributed by atoms with E-state index in [0.29, 0.717) is 14.6 Å². The van der Waals surface area contributed by atoms with Crippen LogP contribution in [0.1, 0.15) is 11.3 Å². The second kappa shape index (κ2) is 5.50. The molecule has 0 atom stereocenters. The topological polar surface area (TPSA) is 42.4 Å². The first kappa shape index (κ1) is 14.0. The average Bonchev–Trinajstić information content (AvgIpc) is 2.14. The first-order valence-electron chi connectivity index (χ1n) is 3.98. The number of aliphatic hydroxyl groups excluding tert-OH is 1. The van der Waals surface area contributed by atoms with Crippen LogP contribution in [0, 0.1) is 3.57 Å². The van der Waals surface area contributed by atoms with Crippen LogP contribution in [0.15, 0.2) is 6.07 Å². The van der Waals surface area contributed by atoms with E-state index in [1.807, 2.05) is 22.6 Å². The van der Waals surface area contributed by atoms with Gasteiger partial charge in [0.1, 0.15) is 0 Å². The first-order chi connectivity index (χ1) is 7.37. The van der Waals surface area contributed by atoms with Gasteiger partial charge in [0.15, 0.2) is 0 Å². The van der Waals surface area contributed by atoms with Gasteiger partial charge in [-0.15, -0.1) is 13.2 Å². The summed E-state index contributed by atoms with van der Waals surface area (Å²) in [6.07, 6.45) is -4.81. The lowest BCUT2D eigenvalue weighted by atomic mass is 10.2. The standard InChI is InChI=1S/C8H6BrF3INO2/c9-2-4-1-6(13)5(3-15)7(14-4)16-8(10,11)12/h1,15H,2-3H2. The van der Waals surface area contributed by atoms with E-state index in [0.717, 1.165) is 0 Å². The number of rotatable bonds is 3. The van der Waals surface area contributed by atoms with E-state index < -0.39 is 18.8 Å². The molecule has 0 fully saturated rings. The van der Waals surface area contributed by atoms with Crippen molar-refractivity contribution in [3.8, 4) is 5.88 Å². The van der Waals surface area contributed by atoms with Crippen molar-refractivity contribution in [3.05, 3.63) is 20.9 Å². The van der Waals surface area contributed by atoms with Crippen LogP contribution >= 0.6 is 38.5 Å². The van der Waals surface area contributed by atoms with Crippen LogP contribution in [0.4, 0.5) is 13.2 Å². The minimum atomic E-state index is -4.81. The maximum atomic E-state index is 12.1. The molecule has 1 heterocycles. The maximum absolute atomic E-state index is 12.1. The third-order valence-electron chi connectivity index (χ3n) is 1.59. The molecular weight excluding hydrogens is 406 g/mol. The Morgan fingerprint density at radius 2 is 2.12 bits per heavy atom. The zero-order chi connectivity index (χ0) is 12.3. The minimum Gasteiger partial charge on any atom is -0.391 e. The molecule has 0 aliphatic rings. The first-order valence-corrected chi connectivity index (χ1v) is 6.18. The number of hydrogen-bond donors (Lipinski definition) is 1. The third-order valence-corrected chi connectivity index (χ3v) is 3.13. The van der Waals surface area contributed by atoms with E-state index in [4.69, 9.17) is 5.11 Å². The van der Waals surface area contributed by atoms with Gasteiger partial charge in [0, 0.05) is 8.90 Å². The Morgan fingerprint density at radius 1 is 1.50 bits per heavy atom. The van der Waals surface area contributed by atoms with Crippen LogP contribution in [0.2, 0.25) is 0 Å². The maximum Gasteiger partial charge on any atom is 0.574 e. The molecule has 0 unspecified atom stereocenters. The van der Waals surface area contributed by atoms with Gasteiger partial charge in [0.2, 0.25) is 5.88 Å². The van der Waals surface area contributed by atoms with Crippen molar-refractivity contribution in [1.82, 2.24) is 4.98 Å². The predicted octanol–water partition coefficient (Wildman–Crippen LogP) is 2.97. The Hall–Kier alpha value is -0.0900. The van der Waals surface area contributed by atoms with Crippen molar-refractivity contribution in [1.29, 1.82) is 0 Å². The number of halogens is 5. The lowest BCUT2D eigenvalue weighted by Crippen LogP contribution is -2.20. The Morgan fingerprint density at radius 3 is 2.56 bits per heavy atom. The summed E-state index contributed by atoms with van der Waals surface area (Å²) in [6, 6.07) is 1.57. The molecule has 1 aromatic rings. The largest absolute Gasteiger partial charge is 0.574 e. The molecule has 0 saturated carbocycles. The summed E-state index contributed by atoms with van der Waals surface area (Å²) in [5, 5.41) is 9.26. The van der Waals surface area contributed by atoms with Gasteiger partial charge >= 0.3 is 6.36 Å². The van der Waals surface area contributed by atoms with Crippen LogP contribution in [-0.4, -0.2) is 16.5 Å². The van der Waals surface area contributed by atoms with Crippen LogP contribution < -0.4 is 4.74 Å². The van der Waals surface area contributed by atoms with Crippen molar-refractivity contribution in [3.63, 3.8) is 0 Å². The van der Waals surface area contributed by atoms with Gasteiger partial charge in [0.05, 0.1) is 17.9 Å². The molecule has 0 saturated heterocycles. The van der Waals surface area contributed by atoms with E-state index in [9.17, 15) is 13.2 Å². The summed E-state index contributed by atoms with van der Waals surface area (Å²) in [4.78, 5) is 3.65. The summed E-state index contributed by atoms with van der Waals surface area (Å²) in [7, 11) is 0.